The number of benzene rings is 1. The lowest BCUT2D eigenvalue weighted by atomic mass is 10.0. The van der Waals surface area contributed by atoms with E-state index in [1.807, 2.05) is 0 Å². The number of hydrogen-bond donors (Lipinski definition) is 3. The van der Waals surface area contributed by atoms with Gasteiger partial charge in [0.1, 0.15) is 5.82 Å². The second-order valence-corrected chi connectivity index (χ2v) is 5.56. The molecule has 0 saturated carbocycles. The van der Waals surface area contributed by atoms with E-state index < -0.39 is 0 Å². The van der Waals surface area contributed by atoms with Crippen molar-refractivity contribution in [1.29, 1.82) is 0 Å². The monoisotopic (exact) mass is 302 g/mol. The van der Waals surface area contributed by atoms with Crippen LogP contribution in [0.2, 0.25) is 0 Å². The molecule has 2 aromatic rings. The number of amides is 1. The molecule has 1 fully saturated rings. The first-order chi connectivity index (χ1) is 10.7. The summed E-state index contributed by atoms with van der Waals surface area (Å²) in [6.07, 6.45) is 3.65. The van der Waals surface area contributed by atoms with E-state index in [1.165, 1.54) is 12.1 Å². The van der Waals surface area contributed by atoms with Crippen LogP contribution in [0.25, 0.3) is 0 Å². The van der Waals surface area contributed by atoms with Gasteiger partial charge in [0, 0.05) is 18.9 Å². The van der Waals surface area contributed by atoms with Gasteiger partial charge in [0.2, 0.25) is 5.91 Å². The number of rotatable bonds is 5. The summed E-state index contributed by atoms with van der Waals surface area (Å²) < 4.78 is 12.8. The van der Waals surface area contributed by atoms with E-state index in [1.54, 1.807) is 18.3 Å². The zero-order valence-electron chi connectivity index (χ0n) is 12.2. The number of nitrogens with one attached hydrogen (secondary N) is 3. The summed E-state index contributed by atoms with van der Waals surface area (Å²) in [5.74, 6) is 0.0502. The number of carbonyl (C=O) groups excluding carboxylic acids is 1. The van der Waals surface area contributed by atoms with Crippen LogP contribution in [-0.2, 0) is 11.2 Å². The Morgan fingerprint density at radius 2 is 2.18 bits per heavy atom. The normalized spacial score (nSPS) is 17.6. The molecule has 1 aliphatic rings. The lowest BCUT2D eigenvalue weighted by molar-refractivity contribution is -0.116. The molecular weight excluding hydrogens is 283 g/mol. The van der Waals surface area contributed by atoms with Crippen LogP contribution in [0.4, 0.5) is 10.1 Å². The maximum atomic E-state index is 12.8. The van der Waals surface area contributed by atoms with E-state index in [9.17, 15) is 9.18 Å². The maximum Gasteiger partial charge on any atom is 0.224 e. The summed E-state index contributed by atoms with van der Waals surface area (Å²) in [5, 5.41) is 13.2. The number of aromatic nitrogens is 2. The van der Waals surface area contributed by atoms with Crippen LogP contribution >= 0.6 is 0 Å². The molecule has 1 amide bonds. The molecule has 0 spiro atoms. The Bertz CT molecular complexity index is 632. The first-order valence-electron chi connectivity index (χ1n) is 7.50. The minimum absolute atomic E-state index is 0.0575. The van der Waals surface area contributed by atoms with Crippen LogP contribution in [0.15, 0.2) is 30.5 Å². The van der Waals surface area contributed by atoms with Gasteiger partial charge in [0.25, 0.3) is 0 Å². The highest BCUT2D eigenvalue weighted by molar-refractivity contribution is 5.91. The topological polar surface area (TPSA) is 69.8 Å². The first-order valence-corrected chi connectivity index (χ1v) is 7.50. The molecule has 116 valence electrons. The second kappa shape index (κ2) is 6.70. The first kappa shape index (κ1) is 14.7. The summed E-state index contributed by atoms with van der Waals surface area (Å²) in [5.41, 5.74) is 2.70. The third-order valence-electron chi connectivity index (χ3n) is 3.97. The number of hydrogen-bond acceptors (Lipinski definition) is 3. The van der Waals surface area contributed by atoms with E-state index in [0.717, 1.165) is 36.5 Å². The van der Waals surface area contributed by atoms with E-state index in [4.69, 9.17) is 0 Å². The largest absolute Gasteiger partial charge is 0.323 e. The highest BCUT2D eigenvalue weighted by Gasteiger charge is 2.22. The summed E-state index contributed by atoms with van der Waals surface area (Å²) in [6.45, 7) is 1.89. The van der Waals surface area contributed by atoms with Gasteiger partial charge in [-0.25, -0.2) is 4.39 Å². The van der Waals surface area contributed by atoms with E-state index in [2.05, 4.69) is 20.8 Å². The molecule has 1 saturated heterocycles. The van der Waals surface area contributed by atoms with Crippen LogP contribution in [0, 0.1) is 5.82 Å². The van der Waals surface area contributed by atoms with Crippen molar-refractivity contribution in [2.24, 2.45) is 0 Å². The standard InChI is InChI=1S/C16H19FN4O/c17-13-4-1-11(2-5-13)3-6-15(22)20-14-10-19-21-16(14)12-7-8-18-9-12/h1-2,4-5,10,12,18H,3,6-9H2,(H,19,21)(H,20,22). The van der Waals surface area contributed by atoms with Crippen LogP contribution in [0.5, 0.6) is 0 Å². The van der Waals surface area contributed by atoms with Crippen molar-refractivity contribution in [2.75, 3.05) is 18.4 Å². The molecule has 3 N–H and O–H groups in total. The fourth-order valence-electron chi connectivity index (χ4n) is 2.73. The number of H-pyrrole nitrogens is 1. The number of aromatic amines is 1. The van der Waals surface area contributed by atoms with Gasteiger partial charge in [-0.2, -0.15) is 5.10 Å². The number of anilines is 1. The Morgan fingerprint density at radius 3 is 2.91 bits per heavy atom. The minimum Gasteiger partial charge on any atom is -0.323 e. The fraction of sp³-hybridized carbons (Fsp3) is 0.375. The second-order valence-electron chi connectivity index (χ2n) is 5.56. The Morgan fingerprint density at radius 1 is 1.36 bits per heavy atom. The van der Waals surface area contributed by atoms with Crippen LogP contribution in [0.3, 0.4) is 0 Å². The van der Waals surface area contributed by atoms with Gasteiger partial charge in [0.15, 0.2) is 0 Å². The van der Waals surface area contributed by atoms with Gasteiger partial charge in [-0.15, -0.1) is 0 Å². The van der Waals surface area contributed by atoms with Gasteiger partial charge in [-0.05, 0) is 37.1 Å². The molecule has 1 atom stereocenters. The molecule has 5 nitrogen and oxygen atoms in total. The lowest BCUT2D eigenvalue weighted by Gasteiger charge is -2.10. The Balaban J connectivity index is 1.55. The molecule has 1 aliphatic heterocycles. The van der Waals surface area contributed by atoms with Crippen molar-refractivity contribution in [3.05, 3.63) is 47.5 Å². The Kier molecular flexibility index (Phi) is 4.48. The molecule has 22 heavy (non-hydrogen) atoms. The summed E-state index contributed by atoms with van der Waals surface area (Å²) in [4.78, 5) is 12.1. The molecule has 0 bridgehead atoms. The highest BCUT2D eigenvalue weighted by atomic mass is 19.1. The van der Waals surface area contributed by atoms with E-state index in [0.29, 0.717) is 18.8 Å². The number of aryl methyl sites for hydroxylation is 1. The van der Waals surface area contributed by atoms with Crippen molar-refractivity contribution in [3.63, 3.8) is 0 Å². The Labute approximate surface area is 128 Å². The number of nitrogens with zero attached hydrogens (tertiary/aromatic N) is 1. The van der Waals surface area contributed by atoms with Gasteiger partial charge >= 0.3 is 0 Å². The predicted octanol–water partition coefficient (Wildman–Crippen LogP) is 2.20. The van der Waals surface area contributed by atoms with Gasteiger partial charge in [-0.1, -0.05) is 12.1 Å². The molecule has 0 radical (unpaired) electrons. The van der Waals surface area contributed by atoms with Gasteiger partial charge < -0.3 is 10.6 Å². The summed E-state index contributed by atoms with van der Waals surface area (Å²) >= 11 is 0. The molecular formula is C16H19FN4O. The number of carbonyl (C=O) groups is 1. The Hall–Kier alpha value is -2.21. The molecule has 3 rings (SSSR count). The van der Waals surface area contributed by atoms with Crippen molar-refractivity contribution in [2.45, 2.75) is 25.2 Å². The average molecular weight is 302 g/mol. The van der Waals surface area contributed by atoms with E-state index in [-0.39, 0.29) is 11.7 Å². The maximum absolute atomic E-state index is 12.8. The number of halogens is 1. The molecule has 0 aliphatic carbocycles. The average Bonchev–Trinajstić information content (AvgIpc) is 3.17. The van der Waals surface area contributed by atoms with Crippen molar-refractivity contribution < 1.29 is 9.18 Å². The summed E-state index contributed by atoms with van der Waals surface area (Å²) in [6, 6.07) is 6.23. The third kappa shape index (κ3) is 3.51. The fourth-order valence-corrected chi connectivity index (χ4v) is 2.73. The lowest BCUT2D eigenvalue weighted by Crippen LogP contribution is -2.15. The summed E-state index contributed by atoms with van der Waals surface area (Å²) in [7, 11) is 0. The van der Waals surface area contributed by atoms with Crippen LogP contribution in [0.1, 0.15) is 30.0 Å². The minimum atomic E-state index is -0.263. The zero-order chi connectivity index (χ0) is 15.4. The van der Waals surface area contributed by atoms with Crippen molar-refractivity contribution in [3.8, 4) is 0 Å². The van der Waals surface area contributed by atoms with Gasteiger partial charge in [-0.3, -0.25) is 9.89 Å². The molecule has 1 aromatic heterocycles. The highest BCUT2D eigenvalue weighted by Crippen LogP contribution is 2.26. The zero-order valence-corrected chi connectivity index (χ0v) is 12.2. The predicted molar refractivity (Wildman–Crippen MR) is 82.2 cm³/mol. The quantitative estimate of drug-likeness (QED) is 0.793. The van der Waals surface area contributed by atoms with Crippen LogP contribution in [-0.4, -0.2) is 29.2 Å². The molecule has 2 heterocycles. The smallest absolute Gasteiger partial charge is 0.224 e. The van der Waals surface area contributed by atoms with Crippen molar-refractivity contribution >= 4 is 11.6 Å². The van der Waals surface area contributed by atoms with Crippen molar-refractivity contribution in [1.82, 2.24) is 15.5 Å². The van der Waals surface area contributed by atoms with Gasteiger partial charge in [0.05, 0.1) is 17.6 Å². The SMILES string of the molecule is O=C(CCc1ccc(F)cc1)Nc1cn[nH]c1C1CCNC1. The van der Waals surface area contributed by atoms with E-state index >= 15 is 0 Å². The molecule has 1 aromatic carbocycles. The molecule has 6 heteroatoms. The third-order valence-corrected chi connectivity index (χ3v) is 3.97. The molecule has 1 unspecified atom stereocenters. The van der Waals surface area contributed by atoms with Crippen LogP contribution < -0.4 is 10.6 Å².